The van der Waals surface area contributed by atoms with Crippen LogP contribution in [0.2, 0.25) is 0 Å². The van der Waals surface area contributed by atoms with Gasteiger partial charge in [0.25, 0.3) is 5.91 Å². The number of nitrogens with one attached hydrogen (secondary N) is 1. The molecule has 1 heterocycles. The summed E-state index contributed by atoms with van der Waals surface area (Å²) in [4.78, 5) is 31.7. The highest BCUT2D eigenvalue weighted by Gasteiger charge is 2.58. The van der Waals surface area contributed by atoms with Crippen LogP contribution in [-0.2, 0) is 4.79 Å². The minimum absolute atomic E-state index is 0.102. The van der Waals surface area contributed by atoms with E-state index in [1.54, 1.807) is 6.07 Å². The standard InChI is InChI=1S/C21H30N4O2/c1-3-25(4-2)17-7-5-6-16(23-17)19(26)24-18-14-8-13-9-15(18)12-21(10-13,11-14)20(22)27/h5-7,13-15,18H,3-4,8-12H2,1-2H3,(H2,22,27)(H,24,26). The third kappa shape index (κ3) is 3.09. The van der Waals surface area contributed by atoms with E-state index in [-0.39, 0.29) is 23.3 Å². The molecule has 4 saturated carbocycles. The summed E-state index contributed by atoms with van der Waals surface area (Å²) in [5.74, 6) is 1.91. The number of rotatable bonds is 6. The summed E-state index contributed by atoms with van der Waals surface area (Å²) in [5.41, 5.74) is 5.91. The maximum Gasteiger partial charge on any atom is 0.270 e. The van der Waals surface area contributed by atoms with Crippen LogP contribution in [0.25, 0.3) is 0 Å². The Labute approximate surface area is 160 Å². The van der Waals surface area contributed by atoms with E-state index in [0.717, 1.165) is 51.0 Å². The molecule has 0 saturated heterocycles. The van der Waals surface area contributed by atoms with Gasteiger partial charge in [-0.2, -0.15) is 0 Å². The highest BCUT2D eigenvalue weighted by Crippen LogP contribution is 2.59. The molecule has 4 aliphatic rings. The molecule has 2 unspecified atom stereocenters. The molecular weight excluding hydrogens is 340 g/mol. The van der Waals surface area contributed by atoms with E-state index in [1.165, 1.54) is 0 Å². The Kier molecular flexibility index (Phi) is 4.60. The number of amides is 2. The molecule has 2 atom stereocenters. The molecule has 2 amide bonds. The normalized spacial score (nSPS) is 33.7. The molecule has 4 aliphatic carbocycles. The molecule has 27 heavy (non-hydrogen) atoms. The van der Waals surface area contributed by atoms with Gasteiger partial charge in [0.05, 0.1) is 0 Å². The van der Waals surface area contributed by atoms with Crippen LogP contribution >= 0.6 is 0 Å². The van der Waals surface area contributed by atoms with E-state index in [4.69, 9.17) is 5.73 Å². The molecule has 0 aromatic carbocycles. The molecule has 6 heteroatoms. The summed E-state index contributed by atoms with van der Waals surface area (Å²) in [7, 11) is 0. The van der Waals surface area contributed by atoms with Crippen molar-refractivity contribution in [3.05, 3.63) is 23.9 Å². The lowest BCUT2D eigenvalue weighted by Gasteiger charge is -2.58. The zero-order valence-corrected chi connectivity index (χ0v) is 16.3. The van der Waals surface area contributed by atoms with Gasteiger partial charge in [-0.1, -0.05) is 6.07 Å². The first-order chi connectivity index (χ1) is 13.0. The van der Waals surface area contributed by atoms with Crippen molar-refractivity contribution in [2.45, 2.75) is 52.0 Å². The third-order valence-electron chi connectivity index (χ3n) is 7.15. The maximum atomic E-state index is 12.9. The quantitative estimate of drug-likeness (QED) is 0.804. The fraction of sp³-hybridized carbons (Fsp3) is 0.667. The number of carbonyl (C=O) groups excluding carboxylic acids is 2. The lowest BCUT2D eigenvalue weighted by Crippen LogP contribution is -2.62. The van der Waals surface area contributed by atoms with Crippen LogP contribution in [0.15, 0.2) is 18.2 Å². The smallest absolute Gasteiger partial charge is 0.270 e. The molecule has 0 radical (unpaired) electrons. The number of nitrogens with zero attached hydrogens (tertiary/aromatic N) is 2. The van der Waals surface area contributed by atoms with E-state index < -0.39 is 0 Å². The van der Waals surface area contributed by atoms with Crippen molar-refractivity contribution in [3.63, 3.8) is 0 Å². The monoisotopic (exact) mass is 370 g/mol. The minimum Gasteiger partial charge on any atom is -0.369 e. The Morgan fingerprint density at radius 3 is 2.44 bits per heavy atom. The van der Waals surface area contributed by atoms with Crippen molar-refractivity contribution in [2.75, 3.05) is 18.0 Å². The van der Waals surface area contributed by atoms with Crippen LogP contribution in [0, 0.1) is 23.2 Å². The number of primary amides is 1. The molecule has 146 valence electrons. The minimum atomic E-state index is -0.321. The van der Waals surface area contributed by atoms with Crippen molar-refractivity contribution < 1.29 is 9.59 Å². The van der Waals surface area contributed by atoms with Gasteiger partial charge >= 0.3 is 0 Å². The molecule has 6 nitrogen and oxygen atoms in total. The lowest BCUT2D eigenvalue weighted by molar-refractivity contribution is -0.145. The second-order valence-electron chi connectivity index (χ2n) is 8.67. The van der Waals surface area contributed by atoms with E-state index in [2.05, 4.69) is 29.0 Å². The van der Waals surface area contributed by atoms with Gasteiger partial charge < -0.3 is 16.0 Å². The summed E-state index contributed by atoms with van der Waals surface area (Å²) in [6.07, 6.45) is 4.80. The average molecular weight is 370 g/mol. The fourth-order valence-electron chi connectivity index (χ4n) is 6.06. The summed E-state index contributed by atoms with van der Waals surface area (Å²) < 4.78 is 0. The Bertz CT molecular complexity index is 729. The third-order valence-corrected chi connectivity index (χ3v) is 7.15. The van der Waals surface area contributed by atoms with Gasteiger partial charge in [0.15, 0.2) is 0 Å². The van der Waals surface area contributed by atoms with Crippen molar-refractivity contribution in [1.82, 2.24) is 10.3 Å². The second kappa shape index (κ2) is 6.80. The number of hydrogen-bond acceptors (Lipinski definition) is 4. The van der Waals surface area contributed by atoms with Crippen molar-refractivity contribution in [1.29, 1.82) is 0 Å². The van der Waals surface area contributed by atoms with E-state index in [1.807, 2.05) is 12.1 Å². The molecule has 4 fully saturated rings. The van der Waals surface area contributed by atoms with Gasteiger partial charge in [0.1, 0.15) is 11.5 Å². The van der Waals surface area contributed by atoms with Crippen LogP contribution in [0.3, 0.4) is 0 Å². The van der Waals surface area contributed by atoms with E-state index in [0.29, 0.717) is 23.4 Å². The molecule has 4 bridgehead atoms. The summed E-state index contributed by atoms with van der Waals surface area (Å²) in [6.45, 7) is 5.89. The summed E-state index contributed by atoms with van der Waals surface area (Å²) in [6, 6.07) is 5.77. The molecule has 1 aromatic rings. The maximum absolute atomic E-state index is 12.9. The van der Waals surface area contributed by atoms with Crippen LogP contribution in [-0.4, -0.2) is 35.9 Å². The number of aromatic nitrogens is 1. The highest BCUT2D eigenvalue weighted by atomic mass is 16.2. The number of nitrogens with two attached hydrogens (primary N) is 1. The van der Waals surface area contributed by atoms with Crippen molar-refractivity contribution in [2.24, 2.45) is 28.9 Å². The van der Waals surface area contributed by atoms with Gasteiger partial charge in [-0.3, -0.25) is 9.59 Å². The SMILES string of the molecule is CCN(CC)c1cccc(C(=O)NC2C3CC4CC2CC(C(N)=O)(C4)C3)n1. The predicted octanol–water partition coefficient (Wildman–Crippen LogP) is 2.34. The zero-order chi connectivity index (χ0) is 19.2. The number of anilines is 1. The van der Waals surface area contributed by atoms with E-state index >= 15 is 0 Å². The Morgan fingerprint density at radius 1 is 1.19 bits per heavy atom. The van der Waals surface area contributed by atoms with Gasteiger partial charge in [0.2, 0.25) is 5.91 Å². The largest absolute Gasteiger partial charge is 0.369 e. The Morgan fingerprint density at radius 2 is 1.85 bits per heavy atom. The van der Waals surface area contributed by atoms with Crippen LogP contribution in [0.4, 0.5) is 5.82 Å². The Hall–Kier alpha value is -2.11. The predicted molar refractivity (Wildman–Crippen MR) is 104 cm³/mol. The first kappa shape index (κ1) is 18.3. The van der Waals surface area contributed by atoms with Gasteiger partial charge in [0, 0.05) is 24.5 Å². The molecule has 3 N–H and O–H groups in total. The van der Waals surface area contributed by atoms with Gasteiger partial charge in [-0.05, 0) is 75.8 Å². The summed E-state index contributed by atoms with van der Waals surface area (Å²) in [5, 5.41) is 3.26. The highest BCUT2D eigenvalue weighted by molar-refractivity contribution is 5.93. The topological polar surface area (TPSA) is 88.3 Å². The lowest BCUT2D eigenvalue weighted by atomic mass is 9.47. The molecule has 0 spiro atoms. The average Bonchev–Trinajstić information content (AvgIpc) is 2.65. The van der Waals surface area contributed by atoms with Crippen molar-refractivity contribution in [3.8, 4) is 0 Å². The first-order valence-electron chi connectivity index (χ1n) is 10.3. The molecule has 5 rings (SSSR count). The summed E-state index contributed by atoms with van der Waals surface area (Å²) >= 11 is 0. The fourth-order valence-corrected chi connectivity index (χ4v) is 6.06. The Balaban J connectivity index is 1.50. The molecule has 0 aliphatic heterocycles. The first-order valence-corrected chi connectivity index (χ1v) is 10.3. The second-order valence-corrected chi connectivity index (χ2v) is 8.67. The number of carbonyl (C=O) groups is 2. The molecule has 1 aromatic heterocycles. The number of hydrogen-bond donors (Lipinski definition) is 2. The van der Waals surface area contributed by atoms with Crippen molar-refractivity contribution >= 4 is 17.6 Å². The van der Waals surface area contributed by atoms with Gasteiger partial charge in [-0.15, -0.1) is 0 Å². The van der Waals surface area contributed by atoms with Crippen LogP contribution in [0.1, 0.15) is 56.4 Å². The van der Waals surface area contributed by atoms with Gasteiger partial charge in [-0.25, -0.2) is 4.98 Å². The van der Waals surface area contributed by atoms with E-state index in [9.17, 15) is 9.59 Å². The molecular formula is C21H30N4O2. The van der Waals surface area contributed by atoms with Crippen LogP contribution < -0.4 is 16.0 Å². The zero-order valence-electron chi connectivity index (χ0n) is 16.3. The number of pyridine rings is 1. The van der Waals surface area contributed by atoms with Crippen LogP contribution in [0.5, 0.6) is 0 Å².